The number of benzene rings is 1. The molecule has 0 spiro atoms. The Morgan fingerprint density at radius 3 is 2.39 bits per heavy atom. The average Bonchev–Trinajstić information content (AvgIpc) is 2.71. The van der Waals surface area contributed by atoms with Crippen molar-refractivity contribution in [1.29, 1.82) is 0 Å². The van der Waals surface area contributed by atoms with Gasteiger partial charge in [-0.05, 0) is 56.0 Å². The summed E-state index contributed by atoms with van der Waals surface area (Å²) in [6.45, 7) is 9.43. The van der Waals surface area contributed by atoms with E-state index in [4.69, 9.17) is 11.6 Å². The van der Waals surface area contributed by atoms with Gasteiger partial charge in [-0.25, -0.2) is 0 Å². The average molecular weight is 408 g/mol. The van der Waals surface area contributed by atoms with Crippen LogP contribution in [0.5, 0.6) is 0 Å². The van der Waals surface area contributed by atoms with Gasteiger partial charge in [0.25, 0.3) is 5.91 Å². The number of nitrogens with one attached hydrogen (secondary N) is 2. The third kappa shape index (κ3) is 6.78. The van der Waals surface area contributed by atoms with E-state index in [1.807, 2.05) is 13.8 Å². The number of carbonyl (C=O) groups is 2. The lowest BCUT2D eigenvalue weighted by Crippen LogP contribution is -2.54. The Kier molecular flexibility index (Phi) is 9.26. The summed E-state index contributed by atoms with van der Waals surface area (Å²) in [6.07, 6.45) is 5.18. The molecule has 28 heavy (non-hydrogen) atoms. The molecule has 2 atom stereocenters. The summed E-state index contributed by atoms with van der Waals surface area (Å²) < 4.78 is 0. The first kappa shape index (κ1) is 22.7. The molecule has 2 rings (SSSR count). The van der Waals surface area contributed by atoms with Crippen LogP contribution in [0.3, 0.4) is 0 Å². The summed E-state index contributed by atoms with van der Waals surface area (Å²) >= 11 is 5.89. The molecular weight excluding hydrogens is 374 g/mol. The molecule has 2 unspecified atom stereocenters. The van der Waals surface area contributed by atoms with Crippen LogP contribution in [0, 0.1) is 5.92 Å². The molecule has 0 radical (unpaired) electrons. The molecule has 1 heterocycles. The summed E-state index contributed by atoms with van der Waals surface area (Å²) in [5.74, 6) is -0.268. The van der Waals surface area contributed by atoms with E-state index in [1.165, 1.54) is 12.8 Å². The SMILES string of the molecule is CCCCN1CCC(NC(=O)C(NC(=O)c2ccc(Cl)cc2)C(C)CC)CC1. The minimum atomic E-state index is -0.536. The predicted molar refractivity (Wildman–Crippen MR) is 115 cm³/mol. The Morgan fingerprint density at radius 2 is 1.82 bits per heavy atom. The minimum absolute atomic E-state index is 0.0564. The van der Waals surface area contributed by atoms with Gasteiger partial charge in [-0.15, -0.1) is 0 Å². The largest absolute Gasteiger partial charge is 0.351 e. The van der Waals surface area contributed by atoms with E-state index in [9.17, 15) is 9.59 Å². The van der Waals surface area contributed by atoms with Crippen molar-refractivity contribution in [1.82, 2.24) is 15.5 Å². The summed E-state index contributed by atoms with van der Waals surface area (Å²) in [5, 5.41) is 6.68. The second-order valence-corrected chi connectivity index (χ2v) is 8.26. The zero-order valence-corrected chi connectivity index (χ0v) is 18.1. The number of halogens is 1. The molecule has 1 saturated heterocycles. The Balaban J connectivity index is 1.92. The second-order valence-electron chi connectivity index (χ2n) is 7.82. The fraction of sp³-hybridized carbons (Fsp3) is 0.636. The van der Waals surface area contributed by atoms with Crippen LogP contribution in [0.25, 0.3) is 0 Å². The maximum absolute atomic E-state index is 12.9. The van der Waals surface area contributed by atoms with E-state index in [0.29, 0.717) is 10.6 Å². The number of hydrogen-bond acceptors (Lipinski definition) is 3. The highest BCUT2D eigenvalue weighted by molar-refractivity contribution is 6.30. The van der Waals surface area contributed by atoms with Crippen LogP contribution in [0.2, 0.25) is 5.02 Å². The van der Waals surface area contributed by atoms with Crippen LogP contribution in [0.15, 0.2) is 24.3 Å². The minimum Gasteiger partial charge on any atom is -0.351 e. The van der Waals surface area contributed by atoms with Gasteiger partial charge in [-0.2, -0.15) is 0 Å². The van der Waals surface area contributed by atoms with E-state index in [2.05, 4.69) is 22.5 Å². The van der Waals surface area contributed by atoms with Gasteiger partial charge in [-0.1, -0.05) is 45.2 Å². The zero-order valence-electron chi connectivity index (χ0n) is 17.3. The highest BCUT2D eigenvalue weighted by atomic mass is 35.5. The quantitative estimate of drug-likeness (QED) is 0.653. The topological polar surface area (TPSA) is 61.4 Å². The number of likely N-dealkylation sites (tertiary alicyclic amines) is 1. The molecule has 0 bridgehead atoms. The molecular formula is C22H34ClN3O2. The molecule has 1 fully saturated rings. The van der Waals surface area contributed by atoms with Crippen molar-refractivity contribution in [2.75, 3.05) is 19.6 Å². The number of hydrogen-bond donors (Lipinski definition) is 2. The molecule has 1 aromatic rings. The molecule has 1 aliphatic heterocycles. The summed E-state index contributed by atoms with van der Waals surface area (Å²) in [7, 11) is 0. The summed E-state index contributed by atoms with van der Waals surface area (Å²) in [4.78, 5) is 28.0. The van der Waals surface area contributed by atoms with Crippen molar-refractivity contribution in [3.8, 4) is 0 Å². The van der Waals surface area contributed by atoms with Crippen molar-refractivity contribution >= 4 is 23.4 Å². The van der Waals surface area contributed by atoms with Gasteiger partial charge in [0, 0.05) is 29.7 Å². The number of rotatable bonds is 9. The Bertz CT molecular complexity index is 627. The van der Waals surface area contributed by atoms with Crippen LogP contribution in [0.1, 0.15) is 63.2 Å². The fourth-order valence-electron chi connectivity index (χ4n) is 3.50. The second kappa shape index (κ2) is 11.4. The number of unbranched alkanes of at least 4 members (excludes halogenated alkanes) is 1. The summed E-state index contributed by atoms with van der Waals surface area (Å²) in [6, 6.07) is 6.36. The summed E-state index contributed by atoms with van der Waals surface area (Å²) in [5.41, 5.74) is 0.509. The fourth-order valence-corrected chi connectivity index (χ4v) is 3.63. The Hall–Kier alpha value is -1.59. The lowest BCUT2D eigenvalue weighted by atomic mass is 9.96. The van der Waals surface area contributed by atoms with Crippen LogP contribution in [-0.2, 0) is 4.79 Å². The normalized spacial score (nSPS) is 17.7. The van der Waals surface area contributed by atoms with Crippen molar-refractivity contribution in [3.05, 3.63) is 34.9 Å². The van der Waals surface area contributed by atoms with E-state index < -0.39 is 6.04 Å². The number of piperidine rings is 1. The van der Waals surface area contributed by atoms with Crippen LogP contribution < -0.4 is 10.6 Å². The van der Waals surface area contributed by atoms with E-state index >= 15 is 0 Å². The van der Waals surface area contributed by atoms with E-state index in [0.717, 1.165) is 38.9 Å². The predicted octanol–water partition coefficient (Wildman–Crippen LogP) is 3.87. The molecule has 6 heteroatoms. The molecule has 1 aliphatic rings. The van der Waals surface area contributed by atoms with E-state index in [-0.39, 0.29) is 23.8 Å². The van der Waals surface area contributed by atoms with Crippen molar-refractivity contribution in [3.63, 3.8) is 0 Å². The molecule has 5 nitrogen and oxygen atoms in total. The van der Waals surface area contributed by atoms with Gasteiger partial charge in [0.2, 0.25) is 5.91 Å². The van der Waals surface area contributed by atoms with Gasteiger partial charge in [-0.3, -0.25) is 9.59 Å². The van der Waals surface area contributed by atoms with Crippen molar-refractivity contribution in [2.45, 2.75) is 65.0 Å². The van der Waals surface area contributed by atoms with Gasteiger partial charge < -0.3 is 15.5 Å². The maximum Gasteiger partial charge on any atom is 0.251 e. The lowest BCUT2D eigenvalue weighted by molar-refractivity contribution is -0.125. The standard InChI is InChI=1S/C22H34ClN3O2/c1-4-6-13-26-14-11-19(12-15-26)24-22(28)20(16(3)5-2)25-21(27)17-7-9-18(23)10-8-17/h7-10,16,19-20H,4-6,11-15H2,1-3H3,(H,24,28)(H,25,27). The first-order valence-corrected chi connectivity index (χ1v) is 10.9. The number of nitrogens with zero attached hydrogens (tertiary/aromatic N) is 1. The first-order valence-electron chi connectivity index (χ1n) is 10.5. The Morgan fingerprint density at radius 1 is 1.18 bits per heavy atom. The van der Waals surface area contributed by atoms with Crippen LogP contribution in [-0.4, -0.2) is 48.4 Å². The Labute approximate surface area is 174 Å². The lowest BCUT2D eigenvalue weighted by Gasteiger charge is -2.33. The smallest absolute Gasteiger partial charge is 0.251 e. The monoisotopic (exact) mass is 407 g/mol. The van der Waals surface area contributed by atoms with Crippen LogP contribution in [0.4, 0.5) is 0 Å². The highest BCUT2D eigenvalue weighted by Gasteiger charge is 2.29. The zero-order chi connectivity index (χ0) is 20.5. The molecule has 1 aromatic carbocycles. The van der Waals surface area contributed by atoms with Gasteiger partial charge in [0.15, 0.2) is 0 Å². The van der Waals surface area contributed by atoms with Gasteiger partial charge in [0.1, 0.15) is 6.04 Å². The maximum atomic E-state index is 12.9. The van der Waals surface area contributed by atoms with Gasteiger partial charge >= 0.3 is 0 Å². The highest BCUT2D eigenvalue weighted by Crippen LogP contribution is 2.15. The number of amides is 2. The van der Waals surface area contributed by atoms with Gasteiger partial charge in [0.05, 0.1) is 0 Å². The molecule has 2 amide bonds. The van der Waals surface area contributed by atoms with E-state index in [1.54, 1.807) is 24.3 Å². The molecule has 0 aromatic heterocycles. The third-order valence-corrected chi connectivity index (χ3v) is 5.90. The van der Waals surface area contributed by atoms with Crippen LogP contribution >= 0.6 is 11.6 Å². The third-order valence-electron chi connectivity index (χ3n) is 5.65. The molecule has 156 valence electrons. The molecule has 0 aliphatic carbocycles. The van der Waals surface area contributed by atoms with Crippen molar-refractivity contribution < 1.29 is 9.59 Å². The molecule has 2 N–H and O–H groups in total. The van der Waals surface area contributed by atoms with Crippen molar-refractivity contribution in [2.24, 2.45) is 5.92 Å². The first-order chi connectivity index (χ1) is 13.4. The number of carbonyl (C=O) groups excluding carboxylic acids is 2. The molecule has 0 saturated carbocycles.